The second-order valence-corrected chi connectivity index (χ2v) is 6.88. The molecule has 0 aromatic heterocycles. The maximum absolute atomic E-state index is 12.9. The number of benzene rings is 3. The summed E-state index contributed by atoms with van der Waals surface area (Å²) < 4.78 is 11.5. The average Bonchev–Trinajstić information content (AvgIpc) is 2.81. The van der Waals surface area contributed by atoms with Crippen molar-refractivity contribution >= 4 is 17.5 Å². The van der Waals surface area contributed by atoms with Crippen molar-refractivity contribution in [3.8, 4) is 11.5 Å². The lowest BCUT2D eigenvalue weighted by molar-refractivity contribution is -0.128. The van der Waals surface area contributed by atoms with Crippen LogP contribution in [0.5, 0.6) is 11.5 Å². The highest BCUT2D eigenvalue weighted by Crippen LogP contribution is 2.33. The van der Waals surface area contributed by atoms with Crippen molar-refractivity contribution in [2.24, 2.45) is 0 Å². The molecule has 1 heterocycles. The molecule has 30 heavy (non-hydrogen) atoms. The Hall–Kier alpha value is -3.80. The maximum Gasteiger partial charge on any atom is 0.265 e. The molecule has 1 N–H and O–H groups in total. The van der Waals surface area contributed by atoms with Crippen LogP contribution in [-0.4, -0.2) is 31.1 Å². The molecule has 0 bridgehead atoms. The zero-order valence-electron chi connectivity index (χ0n) is 16.4. The van der Waals surface area contributed by atoms with Crippen LogP contribution in [0, 0.1) is 0 Å². The number of ether oxygens (including phenoxy) is 2. The molecule has 0 saturated carbocycles. The molecule has 1 aliphatic heterocycles. The Bertz CT molecular complexity index is 1010. The first-order valence-electron chi connectivity index (χ1n) is 9.76. The minimum absolute atomic E-state index is 0.120. The predicted octanol–water partition coefficient (Wildman–Crippen LogP) is 3.18. The minimum atomic E-state index is -0.802. The molecule has 0 unspecified atom stereocenters. The number of carbonyl (C=O) groups excluding carboxylic acids is 2. The molecular formula is C24H22N2O4. The second kappa shape index (κ2) is 9.13. The Kier molecular flexibility index (Phi) is 5.94. The van der Waals surface area contributed by atoms with E-state index in [0.29, 0.717) is 23.7 Å². The van der Waals surface area contributed by atoms with E-state index in [1.54, 1.807) is 29.2 Å². The van der Waals surface area contributed by atoms with Gasteiger partial charge in [-0.2, -0.15) is 0 Å². The number of anilines is 1. The van der Waals surface area contributed by atoms with Gasteiger partial charge < -0.3 is 19.7 Å². The first-order chi connectivity index (χ1) is 14.7. The summed E-state index contributed by atoms with van der Waals surface area (Å²) >= 11 is 0. The Morgan fingerprint density at radius 3 is 2.37 bits per heavy atom. The molecule has 1 atom stereocenters. The van der Waals surface area contributed by atoms with Crippen LogP contribution in [0.4, 0.5) is 5.69 Å². The van der Waals surface area contributed by atoms with Gasteiger partial charge in [0.25, 0.3) is 11.8 Å². The van der Waals surface area contributed by atoms with Crippen molar-refractivity contribution in [2.75, 3.05) is 18.1 Å². The Morgan fingerprint density at radius 2 is 1.60 bits per heavy atom. The van der Waals surface area contributed by atoms with Crippen molar-refractivity contribution < 1.29 is 19.1 Å². The van der Waals surface area contributed by atoms with Gasteiger partial charge in [0, 0.05) is 6.54 Å². The molecule has 4 rings (SSSR count). The molecule has 6 heteroatoms. The van der Waals surface area contributed by atoms with E-state index in [0.717, 1.165) is 5.56 Å². The third-order valence-electron chi connectivity index (χ3n) is 4.78. The summed E-state index contributed by atoms with van der Waals surface area (Å²) in [5.74, 6) is 0.604. The van der Waals surface area contributed by atoms with E-state index in [1.807, 2.05) is 60.7 Å². The molecule has 0 fully saturated rings. The highest BCUT2D eigenvalue weighted by Gasteiger charge is 2.33. The van der Waals surface area contributed by atoms with Gasteiger partial charge in [0.05, 0.1) is 12.2 Å². The summed E-state index contributed by atoms with van der Waals surface area (Å²) in [4.78, 5) is 27.2. The van der Waals surface area contributed by atoms with E-state index < -0.39 is 6.10 Å². The van der Waals surface area contributed by atoms with Crippen LogP contribution in [0.1, 0.15) is 5.56 Å². The number of nitrogens with zero attached hydrogens (tertiary/aromatic N) is 1. The van der Waals surface area contributed by atoms with Crippen LogP contribution in [0.25, 0.3) is 0 Å². The molecule has 1 aliphatic rings. The van der Waals surface area contributed by atoms with Gasteiger partial charge in [-0.15, -0.1) is 0 Å². The highest BCUT2D eigenvalue weighted by atomic mass is 16.5. The van der Waals surface area contributed by atoms with Crippen molar-refractivity contribution in [1.29, 1.82) is 0 Å². The zero-order valence-corrected chi connectivity index (χ0v) is 16.4. The zero-order chi connectivity index (χ0) is 20.8. The molecule has 3 aromatic carbocycles. The van der Waals surface area contributed by atoms with Crippen LogP contribution in [0.2, 0.25) is 0 Å². The van der Waals surface area contributed by atoms with Gasteiger partial charge in [-0.1, -0.05) is 60.7 Å². The van der Waals surface area contributed by atoms with E-state index in [2.05, 4.69) is 5.32 Å². The fourth-order valence-corrected chi connectivity index (χ4v) is 3.25. The Morgan fingerprint density at radius 1 is 0.933 bits per heavy atom. The molecular weight excluding hydrogens is 380 g/mol. The smallest absolute Gasteiger partial charge is 0.265 e. The van der Waals surface area contributed by atoms with E-state index in [9.17, 15) is 9.59 Å². The Balaban J connectivity index is 1.44. The SMILES string of the molecule is O=C(NCc1ccccc1)[C@@H]1CN(C(=O)COc2ccccc2)c2ccccc2O1. The van der Waals surface area contributed by atoms with Crippen LogP contribution in [-0.2, 0) is 16.1 Å². The second-order valence-electron chi connectivity index (χ2n) is 6.88. The third kappa shape index (κ3) is 4.60. The van der Waals surface area contributed by atoms with Gasteiger partial charge >= 0.3 is 0 Å². The molecule has 0 aliphatic carbocycles. The molecule has 6 nitrogen and oxygen atoms in total. The summed E-state index contributed by atoms with van der Waals surface area (Å²) in [6.45, 7) is 0.386. The van der Waals surface area contributed by atoms with Crippen LogP contribution in [0.3, 0.4) is 0 Å². The summed E-state index contributed by atoms with van der Waals surface area (Å²) in [6.07, 6.45) is -0.802. The molecule has 3 aromatic rings. The summed E-state index contributed by atoms with van der Waals surface area (Å²) in [7, 11) is 0. The largest absolute Gasteiger partial charge is 0.484 e. The fourth-order valence-electron chi connectivity index (χ4n) is 3.25. The van der Waals surface area contributed by atoms with Gasteiger partial charge in [0.15, 0.2) is 12.7 Å². The van der Waals surface area contributed by atoms with Gasteiger partial charge in [-0.25, -0.2) is 0 Å². The van der Waals surface area contributed by atoms with Crippen LogP contribution >= 0.6 is 0 Å². The normalized spacial score (nSPS) is 14.9. The van der Waals surface area contributed by atoms with Crippen LogP contribution < -0.4 is 19.7 Å². The average molecular weight is 402 g/mol. The lowest BCUT2D eigenvalue weighted by Crippen LogP contribution is -2.51. The first kappa shape index (κ1) is 19.5. The third-order valence-corrected chi connectivity index (χ3v) is 4.78. The van der Waals surface area contributed by atoms with Gasteiger partial charge in [0.1, 0.15) is 11.5 Å². The first-order valence-corrected chi connectivity index (χ1v) is 9.76. The van der Waals surface area contributed by atoms with Gasteiger partial charge in [0.2, 0.25) is 0 Å². The number of para-hydroxylation sites is 3. The summed E-state index contributed by atoms with van der Waals surface area (Å²) in [5.41, 5.74) is 1.62. The van der Waals surface area contributed by atoms with E-state index >= 15 is 0 Å². The predicted molar refractivity (Wildman–Crippen MR) is 113 cm³/mol. The quantitative estimate of drug-likeness (QED) is 0.688. The van der Waals surface area contributed by atoms with Crippen molar-refractivity contribution in [2.45, 2.75) is 12.6 Å². The topological polar surface area (TPSA) is 67.9 Å². The molecule has 0 saturated heterocycles. The molecule has 0 radical (unpaired) electrons. The lowest BCUT2D eigenvalue weighted by atomic mass is 10.1. The number of carbonyl (C=O) groups is 2. The van der Waals surface area contributed by atoms with Crippen molar-refractivity contribution in [3.05, 3.63) is 90.5 Å². The number of nitrogens with one attached hydrogen (secondary N) is 1. The number of hydrogen-bond donors (Lipinski definition) is 1. The van der Waals surface area contributed by atoms with E-state index in [-0.39, 0.29) is 25.0 Å². The molecule has 0 spiro atoms. The number of amides is 2. The van der Waals surface area contributed by atoms with Gasteiger partial charge in [-0.3, -0.25) is 9.59 Å². The number of hydrogen-bond acceptors (Lipinski definition) is 4. The Labute approximate surface area is 175 Å². The summed E-state index contributed by atoms with van der Waals surface area (Å²) in [5, 5.41) is 2.88. The van der Waals surface area contributed by atoms with Crippen molar-refractivity contribution in [3.63, 3.8) is 0 Å². The maximum atomic E-state index is 12.9. The standard InChI is InChI=1S/C24H22N2O4/c27-23(17-29-19-11-5-2-6-12-19)26-16-22(30-21-14-8-7-13-20(21)26)24(28)25-15-18-9-3-1-4-10-18/h1-14,22H,15-17H2,(H,25,28)/t22-/m0/s1. The molecule has 2 amide bonds. The van der Waals surface area contributed by atoms with Crippen LogP contribution in [0.15, 0.2) is 84.9 Å². The monoisotopic (exact) mass is 402 g/mol. The van der Waals surface area contributed by atoms with E-state index in [4.69, 9.17) is 9.47 Å². The number of rotatable bonds is 6. The fraction of sp³-hybridized carbons (Fsp3) is 0.167. The minimum Gasteiger partial charge on any atom is -0.484 e. The van der Waals surface area contributed by atoms with Crippen molar-refractivity contribution in [1.82, 2.24) is 5.32 Å². The highest BCUT2D eigenvalue weighted by molar-refractivity contribution is 5.98. The molecule has 152 valence electrons. The van der Waals surface area contributed by atoms with E-state index in [1.165, 1.54) is 0 Å². The lowest BCUT2D eigenvalue weighted by Gasteiger charge is -2.34. The summed E-state index contributed by atoms with van der Waals surface area (Å²) in [6, 6.07) is 26.0. The van der Waals surface area contributed by atoms with Gasteiger partial charge in [-0.05, 0) is 29.8 Å². The number of fused-ring (bicyclic) bond motifs is 1.